The fourth-order valence-corrected chi connectivity index (χ4v) is 2.01. The number of hydrogen-bond acceptors (Lipinski definition) is 3. The molecule has 1 aromatic heterocycles. The number of carbonyl (C=O) groups excluding carboxylic acids is 1. The van der Waals surface area contributed by atoms with Gasteiger partial charge < -0.3 is 5.32 Å². The van der Waals surface area contributed by atoms with Gasteiger partial charge in [0.1, 0.15) is 11.6 Å². The summed E-state index contributed by atoms with van der Waals surface area (Å²) < 4.78 is 0. The van der Waals surface area contributed by atoms with E-state index < -0.39 is 5.91 Å². The Morgan fingerprint density at radius 3 is 2.76 bits per heavy atom. The smallest absolute Gasteiger partial charge is 0.266 e. The zero-order valence-corrected chi connectivity index (χ0v) is 12.2. The molecule has 0 saturated heterocycles. The summed E-state index contributed by atoms with van der Waals surface area (Å²) in [5, 5.41) is 12.4. The fraction of sp³-hybridized carbons (Fsp3) is 0. The van der Waals surface area contributed by atoms with Gasteiger partial charge in [0.05, 0.1) is 10.7 Å². The van der Waals surface area contributed by atoms with Gasteiger partial charge in [0.2, 0.25) is 0 Å². The molecule has 6 heteroatoms. The van der Waals surface area contributed by atoms with Crippen LogP contribution in [-0.2, 0) is 4.79 Å². The Bertz CT molecular complexity index is 736. The van der Waals surface area contributed by atoms with Gasteiger partial charge in [0, 0.05) is 17.4 Å². The van der Waals surface area contributed by atoms with E-state index in [4.69, 9.17) is 28.5 Å². The first-order valence-corrected chi connectivity index (χ1v) is 6.64. The summed E-state index contributed by atoms with van der Waals surface area (Å²) in [6, 6.07) is 9.99. The van der Waals surface area contributed by atoms with Gasteiger partial charge in [-0.1, -0.05) is 29.3 Å². The Hall–Kier alpha value is -2.35. The molecule has 1 amide bonds. The molecular weight excluding hydrogens is 309 g/mol. The van der Waals surface area contributed by atoms with Crippen LogP contribution in [0, 0.1) is 11.3 Å². The van der Waals surface area contributed by atoms with E-state index in [1.165, 1.54) is 12.1 Å². The molecule has 104 valence electrons. The topological polar surface area (TPSA) is 65.8 Å². The molecule has 0 aliphatic rings. The Morgan fingerprint density at radius 1 is 1.33 bits per heavy atom. The molecule has 0 bridgehead atoms. The van der Waals surface area contributed by atoms with E-state index in [1.807, 2.05) is 6.07 Å². The van der Waals surface area contributed by atoms with Gasteiger partial charge in [0.15, 0.2) is 0 Å². The van der Waals surface area contributed by atoms with Gasteiger partial charge in [-0.05, 0) is 35.9 Å². The minimum absolute atomic E-state index is 0.0472. The van der Waals surface area contributed by atoms with Crippen LogP contribution in [0.4, 0.5) is 5.69 Å². The van der Waals surface area contributed by atoms with Gasteiger partial charge in [0.25, 0.3) is 5.91 Å². The summed E-state index contributed by atoms with van der Waals surface area (Å²) in [4.78, 5) is 16.0. The van der Waals surface area contributed by atoms with Crippen LogP contribution in [0.15, 0.2) is 48.3 Å². The second kappa shape index (κ2) is 6.89. The van der Waals surface area contributed by atoms with Crippen molar-refractivity contribution in [1.82, 2.24) is 4.98 Å². The average Bonchev–Trinajstić information content (AvgIpc) is 2.48. The molecule has 0 atom stereocenters. The number of carbonyl (C=O) groups is 1. The number of hydrogen-bond donors (Lipinski definition) is 1. The third-order valence-corrected chi connectivity index (χ3v) is 3.09. The highest BCUT2D eigenvalue weighted by atomic mass is 35.5. The highest BCUT2D eigenvalue weighted by molar-refractivity contribution is 6.36. The quantitative estimate of drug-likeness (QED) is 0.689. The van der Waals surface area contributed by atoms with Crippen LogP contribution in [0.5, 0.6) is 0 Å². The predicted molar refractivity (Wildman–Crippen MR) is 82.9 cm³/mol. The van der Waals surface area contributed by atoms with Crippen LogP contribution in [0.25, 0.3) is 6.08 Å². The number of nitrogens with zero attached hydrogens (tertiary/aromatic N) is 2. The molecule has 1 heterocycles. The van der Waals surface area contributed by atoms with Crippen LogP contribution in [-0.4, -0.2) is 10.9 Å². The molecular formula is C15H9Cl2N3O. The maximum Gasteiger partial charge on any atom is 0.266 e. The van der Waals surface area contributed by atoms with Crippen LogP contribution >= 0.6 is 23.2 Å². The number of nitrogens with one attached hydrogen (secondary N) is 1. The van der Waals surface area contributed by atoms with Crippen LogP contribution in [0.2, 0.25) is 10.0 Å². The van der Waals surface area contributed by atoms with Crippen molar-refractivity contribution >= 4 is 40.9 Å². The molecule has 0 saturated carbocycles. The first-order chi connectivity index (χ1) is 10.1. The van der Waals surface area contributed by atoms with Gasteiger partial charge in [-0.3, -0.25) is 9.78 Å². The number of benzene rings is 1. The van der Waals surface area contributed by atoms with Crippen molar-refractivity contribution in [2.45, 2.75) is 0 Å². The first-order valence-electron chi connectivity index (χ1n) is 5.88. The summed E-state index contributed by atoms with van der Waals surface area (Å²) in [6.45, 7) is 0. The molecule has 0 unspecified atom stereocenters. The number of pyridine rings is 1. The average molecular weight is 318 g/mol. The summed E-state index contributed by atoms with van der Waals surface area (Å²) in [7, 11) is 0. The molecule has 0 aliphatic carbocycles. The number of aromatic nitrogens is 1. The fourth-order valence-electron chi connectivity index (χ4n) is 1.56. The first kappa shape index (κ1) is 15.0. The number of halogens is 2. The Morgan fingerprint density at radius 2 is 2.14 bits per heavy atom. The van der Waals surface area contributed by atoms with E-state index >= 15 is 0 Å². The zero-order chi connectivity index (χ0) is 15.2. The molecule has 1 aromatic carbocycles. The molecule has 0 aliphatic heterocycles. The lowest BCUT2D eigenvalue weighted by molar-refractivity contribution is -0.112. The lowest BCUT2D eigenvalue weighted by atomic mass is 10.1. The number of anilines is 1. The van der Waals surface area contributed by atoms with Crippen LogP contribution in [0.1, 0.15) is 5.56 Å². The van der Waals surface area contributed by atoms with Gasteiger partial charge in [-0.2, -0.15) is 5.26 Å². The van der Waals surface area contributed by atoms with E-state index in [0.717, 1.165) is 0 Å². The molecule has 0 radical (unpaired) electrons. The molecule has 4 nitrogen and oxygen atoms in total. The monoisotopic (exact) mass is 317 g/mol. The highest BCUT2D eigenvalue weighted by Crippen LogP contribution is 2.25. The highest BCUT2D eigenvalue weighted by Gasteiger charge is 2.11. The van der Waals surface area contributed by atoms with E-state index in [-0.39, 0.29) is 5.57 Å². The van der Waals surface area contributed by atoms with E-state index in [1.54, 1.807) is 36.7 Å². The lowest BCUT2D eigenvalue weighted by Gasteiger charge is -2.06. The summed E-state index contributed by atoms with van der Waals surface area (Å²) in [5.41, 5.74) is 0.999. The third kappa shape index (κ3) is 4.06. The SMILES string of the molecule is N#CC(=Cc1cccnc1)C(=O)Nc1ccc(Cl)cc1Cl. The van der Waals surface area contributed by atoms with Crippen molar-refractivity contribution in [1.29, 1.82) is 5.26 Å². The van der Waals surface area contributed by atoms with E-state index in [9.17, 15) is 4.79 Å². The number of rotatable bonds is 3. The Kier molecular flexibility index (Phi) is 4.94. The summed E-state index contributed by atoms with van der Waals surface area (Å²) >= 11 is 11.8. The molecule has 0 fully saturated rings. The third-order valence-electron chi connectivity index (χ3n) is 2.54. The van der Waals surface area contributed by atoms with Gasteiger partial charge in [-0.15, -0.1) is 0 Å². The lowest BCUT2D eigenvalue weighted by Crippen LogP contribution is -2.13. The van der Waals surface area contributed by atoms with E-state index in [0.29, 0.717) is 21.3 Å². The summed E-state index contributed by atoms with van der Waals surface area (Å²) in [5.74, 6) is -0.550. The molecule has 2 rings (SSSR count). The van der Waals surface area contributed by atoms with Gasteiger partial charge in [-0.25, -0.2) is 0 Å². The molecule has 0 spiro atoms. The van der Waals surface area contributed by atoms with Crippen molar-refractivity contribution in [3.63, 3.8) is 0 Å². The number of nitriles is 1. The normalized spacial score (nSPS) is 10.8. The predicted octanol–water partition coefficient (Wildman–Crippen LogP) is 3.93. The largest absolute Gasteiger partial charge is 0.320 e. The van der Waals surface area contributed by atoms with Crippen molar-refractivity contribution in [2.75, 3.05) is 5.32 Å². The molecule has 21 heavy (non-hydrogen) atoms. The maximum atomic E-state index is 12.1. The zero-order valence-electron chi connectivity index (χ0n) is 10.7. The van der Waals surface area contributed by atoms with Crippen LogP contribution in [0.3, 0.4) is 0 Å². The van der Waals surface area contributed by atoms with Crippen molar-refractivity contribution in [2.24, 2.45) is 0 Å². The minimum atomic E-state index is -0.550. The van der Waals surface area contributed by atoms with Crippen molar-refractivity contribution in [3.05, 3.63) is 63.9 Å². The second-order valence-corrected chi connectivity index (χ2v) is 4.88. The van der Waals surface area contributed by atoms with Crippen molar-refractivity contribution < 1.29 is 4.79 Å². The standard InChI is InChI=1S/C15H9Cl2N3O/c16-12-3-4-14(13(17)7-12)20-15(21)11(8-18)6-10-2-1-5-19-9-10/h1-7,9H,(H,20,21). The minimum Gasteiger partial charge on any atom is -0.320 e. The Balaban J connectivity index is 2.22. The van der Waals surface area contributed by atoms with Crippen LogP contribution < -0.4 is 5.32 Å². The summed E-state index contributed by atoms with van der Waals surface area (Å²) in [6.07, 6.45) is 4.61. The number of amides is 1. The molecule has 2 aromatic rings. The molecule has 1 N–H and O–H groups in total. The second-order valence-electron chi connectivity index (χ2n) is 4.03. The van der Waals surface area contributed by atoms with Crippen molar-refractivity contribution in [3.8, 4) is 6.07 Å². The maximum absolute atomic E-state index is 12.1. The van der Waals surface area contributed by atoms with E-state index in [2.05, 4.69) is 10.3 Å². The Labute approximate surface area is 131 Å². The van der Waals surface area contributed by atoms with Gasteiger partial charge >= 0.3 is 0 Å².